The van der Waals surface area contributed by atoms with Gasteiger partial charge in [-0.25, -0.2) is 4.39 Å². The van der Waals surface area contributed by atoms with E-state index in [1.54, 1.807) is 17.8 Å². The van der Waals surface area contributed by atoms with E-state index in [4.69, 9.17) is 0 Å². The van der Waals surface area contributed by atoms with Gasteiger partial charge in [0.15, 0.2) is 0 Å². The largest absolute Gasteiger partial charge is 0.368 e. The minimum Gasteiger partial charge on any atom is -0.368 e. The first-order chi connectivity index (χ1) is 11.7. The number of nitrogens with one attached hydrogen (secondary N) is 2. The van der Waals surface area contributed by atoms with Gasteiger partial charge in [0.25, 0.3) is 0 Å². The van der Waals surface area contributed by atoms with Crippen molar-refractivity contribution in [3.05, 3.63) is 54.0 Å². The molecule has 5 heteroatoms. The number of piperazine rings is 1. The number of hydrogen-bond donors (Lipinski definition) is 2. The summed E-state index contributed by atoms with van der Waals surface area (Å²) in [6.45, 7) is 5.67. The molecule has 4 rings (SSSR count). The Morgan fingerprint density at radius 2 is 1.88 bits per heavy atom. The maximum Gasteiger partial charge on any atom is 0.127 e. The molecule has 3 nitrogen and oxygen atoms in total. The van der Waals surface area contributed by atoms with Crippen LogP contribution >= 0.6 is 11.8 Å². The maximum atomic E-state index is 14.2. The van der Waals surface area contributed by atoms with E-state index in [0.717, 1.165) is 47.2 Å². The molecule has 0 saturated carbocycles. The highest BCUT2D eigenvalue weighted by molar-refractivity contribution is 7.99. The molecule has 1 aliphatic heterocycles. The standard InChI is InChI=1S/C19H20FN3S/c1-13-10-17(23-8-6-21-7-9-23)18(11-15(13)20)24-19-12-22-16-5-3-2-4-14(16)19/h2-5,10-12,21-22H,6-9H2,1H3. The second-order valence-corrected chi connectivity index (χ2v) is 7.19. The lowest BCUT2D eigenvalue weighted by Crippen LogP contribution is -2.43. The lowest BCUT2D eigenvalue weighted by Gasteiger charge is -2.31. The highest BCUT2D eigenvalue weighted by Crippen LogP contribution is 2.40. The topological polar surface area (TPSA) is 31.1 Å². The molecule has 1 aliphatic rings. The van der Waals surface area contributed by atoms with Gasteiger partial charge in [-0.3, -0.25) is 0 Å². The fraction of sp³-hybridized carbons (Fsp3) is 0.263. The van der Waals surface area contributed by atoms with E-state index < -0.39 is 0 Å². The van der Waals surface area contributed by atoms with Gasteiger partial charge < -0.3 is 15.2 Å². The van der Waals surface area contributed by atoms with Crippen molar-refractivity contribution < 1.29 is 4.39 Å². The fourth-order valence-electron chi connectivity index (χ4n) is 3.13. The van der Waals surface area contributed by atoms with E-state index in [1.165, 1.54) is 5.39 Å². The van der Waals surface area contributed by atoms with E-state index in [0.29, 0.717) is 5.56 Å². The Morgan fingerprint density at radius 3 is 2.71 bits per heavy atom. The number of H-pyrrole nitrogens is 1. The van der Waals surface area contributed by atoms with E-state index in [1.807, 2.05) is 31.3 Å². The van der Waals surface area contributed by atoms with Crippen LogP contribution in [0, 0.1) is 12.7 Å². The van der Waals surface area contributed by atoms with E-state index in [-0.39, 0.29) is 5.82 Å². The summed E-state index contributed by atoms with van der Waals surface area (Å²) in [6.07, 6.45) is 2.01. The van der Waals surface area contributed by atoms with Gasteiger partial charge in [-0.15, -0.1) is 0 Å². The minimum atomic E-state index is -0.142. The van der Waals surface area contributed by atoms with E-state index >= 15 is 0 Å². The van der Waals surface area contributed by atoms with Crippen LogP contribution in [-0.2, 0) is 0 Å². The van der Waals surface area contributed by atoms with E-state index in [2.05, 4.69) is 27.3 Å². The normalized spacial score (nSPS) is 15.2. The molecule has 124 valence electrons. The van der Waals surface area contributed by atoms with Crippen LogP contribution in [0.3, 0.4) is 0 Å². The summed E-state index contributed by atoms with van der Waals surface area (Å²) in [7, 11) is 0. The third kappa shape index (κ3) is 2.89. The SMILES string of the molecule is Cc1cc(N2CCNCC2)c(Sc2c[nH]c3ccccc23)cc1F. The summed E-state index contributed by atoms with van der Waals surface area (Å²) in [6, 6.07) is 11.9. The van der Waals surface area contributed by atoms with Gasteiger partial charge >= 0.3 is 0 Å². The summed E-state index contributed by atoms with van der Waals surface area (Å²) in [4.78, 5) is 7.75. The quantitative estimate of drug-likeness (QED) is 0.749. The van der Waals surface area contributed by atoms with Crippen molar-refractivity contribution in [3.8, 4) is 0 Å². The van der Waals surface area contributed by atoms with Gasteiger partial charge in [0, 0.05) is 53.1 Å². The van der Waals surface area contributed by atoms with E-state index in [9.17, 15) is 4.39 Å². The Balaban J connectivity index is 1.74. The smallest absolute Gasteiger partial charge is 0.127 e. The first-order valence-electron chi connectivity index (χ1n) is 8.22. The molecule has 0 radical (unpaired) electrons. The Bertz CT molecular complexity index is 868. The number of benzene rings is 2. The van der Waals surface area contributed by atoms with Crippen molar-refractivity contribution >= 4 is 28.4 Å². The molecule has 0 spiro atoms. The van der Waals surface area contributed by atoms with Crippen LogP contribution in [0.15, 0.2) is 52.4 Å². The van der Waals surface area contributed by atoms with Gasteiger partial charge in [0.1, 0.15) is 5.82 Å². The average Bonchev–Trinajstić information content (AvgIpc) is 3.02. The Hall–Kier alpha value is -1.98. The number of anilines is 1. The molecular formula is C19H20FN3S. The van der Waals surface area contributed by atoms with Crippen LogP contribution in [0.25, 0.3) is 10.9 Å². The summed E-state index contributed by atoms with van der Waals surface area (Å²) < 4.78 is 14.2. The van der Waals surface area contributed by atoms with Crippen molar-refractivity contribution in [3.63, 3.8) is 0 Å². The summed E-state index contributed by atoms with van der Waals surface area (Å²) in [5, 5.41) is 4.55. The molecule has 3 aromatic rings. The molecule has 2 aromatic carbocycles. The average molecular weight is 341 g/mol. The number of aryl methyl sites for hydroxylation is 1. The molecule has 1 aromatic heterocycles. The molecule has 1 saturated heterocycles. The van der Waals surface area contributed by atoms with Gasteiger partial charge in [-0.1, -0.05) is 30.0 Å². The summed E-state index contributed by atoms with van der Waals surface area (Å²) >= 11 is 1.63. The molecular weight excluding hydrogens is 321 g/mol. The highest BCUT2D eigenvalue weighted by atomic mass is 32.2. The lowest BCUT2D eigenvalue weighted by atomic mass is 10.2. The zero-order chi connectivity index (χ0) is 16.5. The molecule has 24 heavy (non-hydrogen) atoms. The number of halogens is 1. The van der Waals surface area contributed by atoms with Crippen LogP contribution in [0.4, 0.5) is 10.1 Å². The predicted molar refractivity (Wildman–Crippen MR) is 98.6 cm³/mol. The Labute approximate surface area is 145 Å². The molecule has 0 bridgehead atoms. The number of hydrogen-bond acceptors (Lipinski definition) is 3. The molecule has 0 aliphatic carbocycles. The monoisotopic (exact) mass is 341 g/mol. The van der Waals surface area contributed by atoms with Crippen LogP contribution in [0.5, 0.6) is 0 Å². The molecule has 1 fully saturated rings. The number of aromatic amines is 1. The summed E-state index contributed by atoms with van der Waals surface area (Å²) in [5.41, 5.74) is 2.94. The third-order valence-corrected chi connectivity index (χ3v) is 5.57. The van der Waals surface area contributed by atoms with Gasteiger partial charge in [-0.05, 0) is 30.7 Å². The van der Waals surface area contributed by atoms with Gasteiger partial charge in [-0.2, -0.15) is 0 Å². The van der Waals surface area contributed by atoms with Crippen molar-refractivity contribution in [2.75, 3.05) is 31.1 Å². The number of para-hydroxylation sites is 1. The van der Waals surface area contributed by atoms with Crippen LogP contribution in [-0.4, -0.2) is 31.2 Å². The van der Waals surface area contributed by atoms with Crippen molar-refractivity contribution in [1.29, 1.82) is 0 Å². The molecule has 0 amide bonds. The number of aromatic nitrogens is 1. The molecule has 2 heterocycles. The zero-order valence-electron chi connectivity index (χ0n) is 13.6. The predicted octanol–water partition coefficient (Wildman–Crippen LogP) is 4.18. The summed E-state index contributed by atoms with van der Waals surface area (Å²) in [5.74, 6) is -0.142. The molecule has 2 N–H and O–H groups in total. The Kier molecular flexibility index (Phi) is 4.21. The second-order valence-electron chi connectivity index (χ2n) is 6.11. The first kappa shape index (κ1) is 15.5. The van der Waals surface area contributed by atoms with Gasteiger partial charge in [0.2, 0.25) is 0 Å². The van der Waals surface area contributed by atoms with Crippen LogP contribution in [0.1, 0.15) is 5.56 Å². The molecule has 0 atom stereocenters. The number of rotatable bonds is 3. The van der Waals surface area contributed by atoms with Gasteiger partial charge in [0.05, 0.1) is 5.69 Å². The zero-order valence-corrected chi connectivity index (χ0v) is 14.4. The van der Waals surface area contributed by atoms with Crippen molar-refractivity contribution in [2.45, 2.75) is 16.7 Å². The molecule has 0 unspecified atom stereocenters. The van der Waals surface area contributed by atoms with Crippen LogP contribution in [0.2, 0.25) is 0 Å². The fourth-order valence-corrected chi connectivity index (χ4v) is 4.23. The lowest BCUT2D eigenvalue weighted by molar-refractivity contribution is 0.582. The van der Waals surface area contributed by atoms with Crippen molar-refractivity contribution in [2.24, 2.45) is 0 Å². The third-order valence-electron chi connectivity index (χ3n) is 4.47. The van der Waals surface area contributed by atoms with Crippen molar-refractivity contribution in [1.82, 2.24) is 10.3 Å². The first-order valence-corrected chi connectivity index (χ1v) is 9.04. The van der Waals surface area contributed by atoms with Crippen LogP contribution < -0.4 is 10.2 Å². The number of nitrogens with zero attached hydrogens (tertiary/aromatic N) is 1. The minimum absolute atomic E-state index is 0.142. The maximum absolute atomic E-state index is 14.2. The Morgan fingerprint density at radius 1 is 1.08 bits per heavy atom. The number of fused-ring (bicyclic) bond motifs is 1. The highest BCUT2D eigenvalue weighted by Gasteiger charge is 2.18. The second kappa shape index (κ2) is 6.49.